The molecule has 0 saturated carbocycles. The molecule has 0 bridgehead atoms. The minimum Gasteiger partial charge on any atom is -0.476 e. The first-order valence-corrected chi connectivity index (χ1v) is 4.20. The number of ether oxygens (including phenoxy) is 1. The van der Waals surface area contributed by atoms with Crippen molar-refractivity contribution in [3.8, 4) is 11.8 Å². The highest BCUT2D eigenvalue weighted by Gasteiger charge is 2.06. The molecule has 14 heavy (non-hydrogen) atoms. The van der Waals surface area contributed by atoms with Gasteiger partial charge < -0.3 is 10.5 Å². The van der Waals surface area contributed by atoms with E-state index in [-0.39, 0.29) is 18.4 Å². The van der Waals surface area contributed by atoms with Gasteiger partial charge in [-0.05, 0) is 24.6 Å². The van der Waals surface area contributed by atoms with E-state index in [0.717, 1.165) is 0 Å². The van der Waals surface area contributed by atoms with Crippen molar-refractivity contribution in [2.75, 3.05) is 6.61 Å². The predicted molar refractivity (Wildman–Crippen MR) is 50.1 cm³/mol. The summed E-state index contributed by atoms with van der Waals surface area (Å²) in [6.07, 6.45) is 0. The first-order chi connectivity index (χ1) is 6.65. The second-order valence-corrected chi connectivity index (χ2v) is 2.93. The number of nitriles is 1. The van der Waals surface area contributed by atoms with Crippen LogP contribution in [0.15, 0.2) is 18.2 Å². The van der Waals surface area contributed by atoms with Crippen molar-refractivity contribution in [2.45, 2.75) is 13.0 Å². The molecule has 1 rings (SSSR count). The van der Waals surface area contributed by atoms with Gasteiger partial charge in [-0.1, -0.05) is 6.07 Å². The molecule has 74 valence electrons. The van der Waals surface area contributed by atoms with Crippen LogP contribution in [0.5, 0.6) is 5.75 Å². The molecular weight excluding hydrogens is 183 g/mol. The Labute approximate surface area is 81.9 Å². The zero-order valence-electron chi connectivity index (χ0n) is 7.83. The minimum absolute atomic E-state index is 0.0796. The van der Waals surface area contributed by atoms with Gasteiger partial charge in [0.15, 0.2) is 18.2 Å². The topological polar surface area (TPSA) is 59.0 Å². The lowest BCUT2D eigenvalue weighted by molar-refractivity contribution is 0.346. The monoisotopic (exact) mass is 194 g/mol. The van der Waals surface area contributed by atoms with E-state index in [1.54, 1.807) is 19.1 Å². The van der Waals surface area contributed by atoms with E-state index in [2.05, 4.69) is 0 Å². The molecule has 1 aromatic carbocycles. The Morgan fingerprint density at radius 2 is 2.36 bits per heavy atom. The third kappa shape index (κ3) is 2.44. The van der Waals surface area contributed by atoms with Gasteiger partial charge in [-0.3, -0.25) is 0 Å². The smallest absolute Gasteiger partial charge is 0.174 e. The van der Waals surface area contributed by atoms with Crippen LogP contribution in [0.4, 0.5) is 4.39 Å². The normalized spacial score (nSPS) is 11.9. The van der Waals surface area contributed by atoms with E-state index in [1.807, 2.05) is 0 Å². The van der Waals surface area contributed by atoms with E-state index in [1.165, 1.54) is 12.1 Å². The summed E-state index contributed by atoms with van der Waals surface area (Å²) in [5.74, 6) is -0.411. The summed E-state index contributed by atoms with van der Waals surface area (Å²) in [4.78, 5) is 0. The van der Waals surface area contributed by atoms with E-state index in [9.17, 15) is 4.39 Å². The molecule has 0 radical (unpaired) electrons. The maximum Gasteiger partial charge on any atom is 0.174 e. The third-order valence-electron chi connectivity index (χ3n) is 1.77. The minimum atomic E-state index is -0.491. The van der Waals surface area contributed by atoms with E-state index < -0.39 is 5.82 Å². The molecule has 3 nitrogen and oxygen atoms in total. The number of hydrogen-bond acceptors (Lipinski definition) is 3. The van der Waals surface area contributed by atoms with Gasteiger partial charge in [0.1, 0.15) is 6.07 Å². The average Bonchev–Trinajstić information content (AvgIpc) is 2.15. The van der Waals surface area contributed by atoms with Gasteiger partial charge >= 0.3 is 0 Å². The molecule has 1 atom stereocenters. The molecule has 0 aliphatic carbocycles. The summed E-state index contributed by atoms with van der Waals surface area (Å²) in [5.41, 5.74) is 6.27. The van der Waals surface area contributed by atoms with Crippen molar-refractivity contribution in [3.05, 3.63) is 29.6 Å². The standard InChI is InChI=1S/C10H11FN2O/c1-7(13)8-2-3-10(9(11)6-8)14-5-4-12/h2-3,6-7H,5,13H2,1H3. The van der Waals surface area contributed by atoms with Gasteiger partial charge in [0, 0.05) is 6.04 Å². The molecular formula is C10H11FN2O. The molecule has 0 aliphatic heterocycles. The van der Waals surface area contributed by atoms with Gasteiger partial charge in [0.05, 0.1) is 0 Å². The van der Waals surface area contributed by atoms with Gasteiger partial charge in [-0.25, -0.2) is 4.39 Å². The Bertz CT molecular complexity index is 358. The fourth-order valence-corrected chi connectivity index (χ4v) is 1.03. The number of rotatable bonds is 3. The SMILES string of the molecule is CC(N)c1ccc(OCC#N)c(F)c1. The summed E-state index contributed by atoms with van der Waals surface area (Å²) in [5, 5.41) is 8.24. The molecule has 0 saturated heterocycles. The third-order valence-corrected chi connectivity index (χ3v) is 1.77. The van der Waals surface area contributed by atoms with Crippen molar-refractivity contribution >= 4 is 0 Å². The van der Waals surface area contributed by atoms with Crippen LogP contribution >= 0.6 is 0 Å². The van der Waals surface area contributed by atoms with Crippen LogP contribution in [-0.4, -0.2) is 6.61 Å². The van der Waals surface area contributed by atoms with Crippen LogP contribution in [0.25, 0.3) is 0 Å². The van der Waals surface area contributed by atoms with Crippen molar-refractivity contribution in [3.63, 3.8) is 0 Å². The lowest BCUT2D eigenvalue weighted by atomic mass is 10.1. The molecule has 1 aromatic rings. The molecule has 1 unspecified atom stereocenters. The Hall–Kier alpha value is -1.60. The molecule has 0 amide bonds. The maximum absolute atomic E-state index is 13.2. The largest absolute Gasteiger partial charge is 0.476 e. The maximum atomic E-state index is 13.2. The Morgan fingerprint density at radius 1 is 1.64 bits per heavy atom. The molecule has 0 spiro atoms. The number of nitrogens with zero attached hydrogens (tertiary/aromatic N) is 1. The highest BCUT2D eigenvalue weighted by Crippen LogP contribution is 2.20. The van der Waals surface area contributed by atoms with Crippen LogP contribution in [0.3, 0.4) is 0 Å². The lowest BCUT2D eigenvalue weighted by Gasteiger charge is -2.08. The first kappa shape index (κ1) is 10.5. The molecule has 0 fully saturated rings. The van der Waals surface area contributed by atoms with Crippen molar-refractivity contribution < 1.29 is 9.13 Å². The van der Waals surface area contributed by atoms with Crippen LogP contribution in [0.2, 0.25) is 0 Å². The van der Waals surface area contributed by atoms with E-state index in [0.29, 0.717) is 5.56 Å². The van der Waals surface area contributed by atoms with Crippen molar-refractivity contribution in [2.24, 2.45) is 5.73 Å². The van der Waals surface area contributed by atoms with Gasteiger partial charge in [-0.2, -0.15) is 5.26 Å². The second-order valence-electron chi connectivity index (χ2n) is 2.93. The van der Waals surface area contributed by atoms with E-state index in [4.69, 9.17) is 15.7 Å². The zero-order valence-corrected chi connectivity index (χ0v) is 7.83. The highest BCUT2D eigenvalue weighted by atomic mass is 19.1. The zero-order chi connectivity index (χ0) is 10.6. The van der Waals surface area contributed by atoms with Crippen LogP contribution in [0, 0.1) is 17.1 Å². The fraction of sp³-hybridized carbons (Fsp3) is 0.300. The predicted octanol–water partition coefficient (Wildman–Crippen LogP) is 1.75. The fourth-order valence-electron chi connectivity index (χ4n) is 1.03. The lowest BCUT2D eigenvalue weighted by Crippen LogP contribution is -2.06. The second kappa shape index (κ2) is 4.58. The molecule has 0 heterocycles. The summed E-state index contributed by atoms with van der Waals surface area (Å²) >= 11 is 0. The molecule has 4 heteroatoms. The number of hydrogen-bond donors (Lipinski definition) is 1. The Kier molecular flexibility index (Phi) is 3.43. The van der Waals surface area contributed by atoms with E-state index >= 15 is 0 Å². The quantitative estimate of drug-likeness (QED) is 0.797. The summed E-state index contributed by atoms with van der Waals surface area (Å²) < 4.78 is 18.1. The summed E-state index contributed by atoms with van der Waals surface area (Å²) in [6, 6.07) is 6.03. The molecule has 0 aliphatic rings. The number of benzene rings is 1. The number of nitrogens with two attached hydrogens (primary N) is 1. The van der Waals surface area contributed by atoms with Gasteiger partial charge in [0.25, 0.3) is 0 Å². The van der Waals surface area contributed by atoms with Crippen LogP contribution in [0.1, 0.15) is 18.5 Å². The van der Waals surface area contributed by atoms with Crippen molar-refractivity contribution in [1.29, 1.82) is 5.26 Å². The summed E-state index contributed by atoms with van der Waals surface area (Å²) in [6.45, 7) is 1.61. The summed E-state index contributed by atoms with van der Waals surface area (Å²) in [7, 11) is 0. The highest BCUT2D eigenvalue weighted by molar-refractivity contribution is 5.30. The van der Waals surface area contributed by atoms with Gasteiger partial charge in [0.2, 0.25) is 0 Å². The Balaban J connectivity index is 2.85. The Morgan fingerprint density at radius 3 is 2.86 bits per heavy atom. The van der Waals surface area contributed by atoms with Crippen molar-refractivity contribution in [1.82, 2.24) is 0 Å². The molecule has 0 aromatic heterocycles. The van der Waals surface area contributed by atoms with Gasteiger partial charge in [-0.15, -0.1) is 0 Å². The van der Waals surface area contributed by atoms with Crippen LogP contribution in [-0.2, 0) is 0 Å². The average molecular weight is 194 g/mol. The first-order valence-electron chi connectivity index (χ1n) is 4.20. The van der Waals surface area contributed by atoms with Crippen LogP contribution < -0.4 is 10.5 Å². The molecule has 2 N–H and O–H groups in total. The number of halogens is 1.